The number of hydrogen-bond acceptors (Lipinski definition) is 5. The van der Waals surface area contributed by atoms with Crippen LogP contribution in [-0.4, -0.2) is 33.1 Å². The summed E-state index contributed by atoms with van der Waals surface area (Å²) in [6.45, 7) is 4.60. The molecule has 0 saturated carbocycles. The van der Waals surface area contributed by atoms with Crippen LogP contribution in [0.3, 0.4) is 0 Å². The van der Waals surface area contributed by atoms with Crippen molar-refractivity contribution in [2.45, 2.75) is 31.8 Å². The Kier molecular flexibility index (Phi) is 6.00. The lowest BCUT2D eigenvalue weighted by Gasteiger charge is -2.05. The van der Waals surface area contributed by atoms with E-state index in [1.54, 1.807) is 0 Å². The van der Waals surface area contributed by atoms with Gasteiger partial charge in [0.1, 0.15) is 0 Å². The van der Waals surface area contributed by atoms with E-state index >= 15 is 0 Å². The van der Waals surface area contributed by atoms with Crippen LogP contribution in [0, 0.1) is 6.92 Å². The number of esters is 1. The molecule has 0 N–H and O–H groups in total. The van der Waals surface area contributed by atoms with E-state index in [1.807, 2.05) is 42.8 Å². The molecule has 2 rings (SSSR count). The third-order valence-electron chi connectivity index (χ3n) is 3.22. The highest BCUT2D eigenvalue weighted by Crippen LogP contribution is 2.22. The smallest absolute Gasteiger partial charge is 0.316 e. The Labute approximate surface area is 135 Å². The van der Waals surface area contributed by atoms with Crippen molar-refractivity contribution in [3.05, 3.63) is 29.8 Å². The molecule has 1 heterocycles. The third-order valence-corrected chi connectivity index (χ3v) is 4.22. The lowest BCUT2D eigenvalue weighted by atomic mass is 10.1. The number of hydrogen-bond donors (Lipinski definition) is 0. The van der Waals surface area contributed by atoms with Crippen LogP contribution in [0.1, 0.15) is 25.3 Å². The first kappa shape index (κ1) is 16.5. The second kappa shape index (κ2) is 7.98. The summed E-state index contributed by atoms with van der Waals surface area (Å²) < 4.78 is 7.03. The fourth-order valence-corrected chi connectivity index (χ4v) is 2.60. The van der Waals surface area contributed by atoms with E-state index in [0.29, 0.717) is 11.8 Å². The van der Waals surface area contributed by atoms with Gasteiger partial charge in [-0.2, -0.15) is 0 Å². The maximum Gasteiger partial charge on any atom is 0.316 e. The molecule has 118 valence electrons. The van der Waals surface area contributed by atoms with E-state index in [1.165, 1.54) is 17.3 Å². The number of rotatable bonds is 7. The minimum Gasteiger partial charge on any atom is -0.465 e. The van der Waals surface area contributed by atoms with Gasteiger partial charge in [-0.25, -0.2) is 0 Å². The Hall–Kier alpha value is -1.82. The fourth-order valence-electron chi connectivity index (χ4n) is 1.89. The normalized spacial score (nSPS) is 10.7. The van der Waals surface area contributed by atoms with Gasteiger partial charge in [0, 0.05) is 12.6 Å². The average molecular weight is 319 g/mol. The maximum atomic E-state index is 11.6. The van der Waals surface area contributed by atoms with Crippen molar-refractivity contribution < 1.29 is 9.53 Å². The molecule has 0 bridgehead atoms. The average Bonchev–Trinajstić information content (AvgIpc) is 2.87. The Balaban J connectivity index is 1.96. The van der Waals surface area contributed by atoms with E-state index in [-0.39, 0.29) is 11.7 Å². The van der Waals surface area contributed by atoms with Gasteiger partial charge in [0.25, 0.3) is 0 Å². The Morgan fingerprint density at radius 1 is 1.27 bits per heavy atom. The molecule has 22 heavy (non-hydrogen) atoms. The van der Waals surface area contributed by atoms with Gasteiger partial charge in [-0.15, -0.1) is 10.2 Å². The number of carbonyl (C=O) groups is 1. The fraction of sp³-hybridized carbons (Fsp3) is 0.438. The maximum absolute atomic E-state index is 11.6. The molecule has 5 nitrogen and oxygen atoms in total. The summed E-state index contributed by atoms with van der Waals surface area (Å²) in [6.07, 6.45) is 1.92. The first-order chi connectivity index (χ1) is 10.6. The molecule has 1 aromatic carbocycles. The molecule has 0 radical (unpaired) electrons. The van der Waals surface area contributed by atoms with E-state index in [9.17, 15) is 4.79 Å². The Morgan fingerprint density at radius 3 is 2.68 bits per heavy atom. The van der Waals surface area contributed by atoms with Gasteiger partial charge in [-0.1, -0.05) is 54.9 Å². The molecule has 0 fully saturated rings. The molecule has 0 spiro atoms. The first-order valence-electron chi connectivity index (χ1n) is 7.36. The molecule has 0 saturated heterocycles. The van der Waals surface area contributed by atoms with Gasteiger partial charge in [0.15, 0.2) is 11.0 Å². The molecular weight excluding hydrogens is 298 g/mol. The zero-order valence-electron chi connectivity index (χ0n) is 13.2. The van der Waals surface area contributed by atoms with Crippen molar-refractivity contribution in [2.24, 2.45) is 7.05 Å². The highest BCUT2D eigenvalue weighted by Gasteiger charge is 2.13. The van der Waals surface area contributed by atoms with Crippen LogP contribution >= 0.6 is 11.8 Å². The molecule has 0 unspecified atom stereocenters. The number of aromatic nitrogens is 3. The van der Waals surface area contributed by atoms with Crippen molar-refractivity contribution in [1.29, 1.82) is 0 Å². The number of ether oxygens (including phenoxy) is 1. The molecule has 0 aliphatic heterocycles. The first-order valence-corrected chi connectivity index (χ1v) is 8.35. The van der Waals surface area contributed by atoms with Crippen LogP contribution in [0.2, 0.25) is 0 Å². The summed E-state index contributed by atoms with van der Waals surface area (Å²) in [6, 6.07) is 8.13. The number of unbranched alkanes of at least 4 members (excludes halogenated alkanes) is 1. The van der Waals surface area contributed by atoms with Gasteiger partial charge in [0.05, 0.1) is 12.4 Å². The van der Waals surface area contributed by atoms with Gasteiger partial charge in [-0.05, 0) is 13.3 Å². The van der Waals surface area contributed by atoms with Crippen molar-refractivity contribution in [1.82, 2.24) is 14.8 Å². The largest absolute Gasteiger partial charge is 0.465 e. The van der Waals surface area contributed by atoms with Crippen molar-refractivity contribution in [3.8, 4) is 11.4 Å². The molecular formula is C16H21N3O2S. The van der Waals surface area contributed by atoms with Crippen LogP contribution in [0.15, 0.2) is 29.4 Å². The number of nitrogens with zero attached hydrogens (tertiary/aromatic N) is 3. The lowest BCUT2D eigenvalue weighted by Crippen LogP contribution is -2.09. The number of benzene rings is 1. The lowest BCUT2D eigenvalue weighted by molar-refractivity contribution is -0.140. The molecule has 6 heteroatoms. The SMILES string of the molecule is CCCCOC(=O)CSc1nnc(-c2ccc(C)cc2)n1C. The molecule has 2 aromatic rings. The van der Waals surface area contributed by atoms with Gasteiger partial charge in [0.2, 0.25) is 0 Å². The Morgan fingerprint density at radius 2 is 2.00 bits per heavy atom. The van der Waals surface area contributed by atoms with Crippen molar-refractivity contribution >= 4 is 17.7 Å². The summed E-state index contributed by atoms with van der Waals surface area (Å²) in [4.78, 5) is 11.6. The minimum atomic E-state index is -0.210. The van der Waals surface area contributed by atoms with Crippen molar-refractivity contribution in [2.75, 3.05) is 12.4 Å². The van der Waals surface area contributed by atoms with E-state index in [2.05, 4.69) is 17.1 Å². The third kappa shape index (κ3) is 4.34. The number of carbonyl (C=O) groups excluding carboxylic acids is 1. The van der Waals surface area contributed by atoms with Crippen molar-refractivity contribution in [3.63, 3.8) is 0 Å². The molecule has 0 atom stereocenters. The zero-order chi connectivity index (χ0) is 15.9. The van der Waals surface area contributed by atoms with Gasteiger partial charge in [-0.3, -0.25) is 4.79 Å². The van der Waals surface area contributed by atoms with E-state index in [0.717, 1.165) is 24.2 Å². The minimum absolute atomic E-state index is 0.210. The molecule has 0 aliphatic rings. The highest BCUT2D eigenvalue weighted by atomic mass is 32.2. The summed E-state index contributed by atoms with van der Waals surface area (Å²) in [5.41, 5.74) is 2.22. The molecule has 1 aromatic heterocycles. The Bertz CT molecular complexity index is 623. The standard InChI is InChI=1S/C16H21N3O2S/c1-4-5-10-21-14(20)11-22-16-18-17-15(19(16)3)13-8-6-12(2)7-9-13/h6-9H,4-5,10-11H2,1-3H3. The van der Waals surface area contributed by atoms with Crippen LogP contribution in [0.4, 0.5) is 0 Å². The van der Waals surface area contributed by atoms with E-state index in [4.69, 9.17) is 4.74 Å². The summed E-state index contributed by atoms with van der Waals surface area (Å²) in [5.74, 6) is 0.837. The van der Waals surface area contributed by atoms with Crippen LogP contribution in [0.25, 0.3) is 11.4 Å². The summed E-state index contributed by atoms with van der Waals surface area (Å²) in [7, 11) is 1.90. The van der Waals surface area contributed by atoms with Gasteiger partial charge >= 0.3 is 5.97 Å². The second-order valence-corrected chi connectivity index (χ2v) is 6.04. The van der Waals surface area contributed by atoms with E-state index < -0.39 is 0 Å². The molecule has 0 amide bonds. The zero-order valence-corrected chi connectivity index (χ0v) is 14.0. The summed E-state index contributed by atoms with van der Waals surface area (Å²) in [5, 5.41) is 9.07. The van der Waals surface area contributed by atoms with Crippen LogP contribution in [0.5, 0.6) is 0 Å². The van der Waals surface area contributed by atoms with Gasteiger partial charge < -0.3 is 9.30 Å². The second-order valence-electron chi connectivity index (χ2n) is 5.09. The monoisotopic (exact) mass is 319 g/mol. The quantitative estimate of drug-likeness (QED) is 0.445. The summed E-state index contributed by atoms with van der Waals surface area (Å²) >= 11 is 1.35. The topological polar surface area (TPSA) is 57.0 Å². The predicted octanol–water partition coefficient (Wildman–Crippen LogP) is 3.23. The number of aryl methyl sites for hydroxylation is 1. The molecule has 0 aliphatic carbocycles. The predicted molar refractivity (Wildman–Crippen MR) is 87.8 cm³/mol. The highest BCUT2D eigenvalue weighted by molar-refractivity contribution is 7.99. The number of thioether (sulfide) groups is 1. The van der Waals surface area contributed by atoms with Crippen LogP contribution < -0.4 is 0 Å². The van der Waals surface area contributed by atoms with Crippen LogP contribution in [-0.2, 0) is 16.6 Å².